The predicted molar refractivity (Wildman–Crippen MR) is 80.7 cm³/mol. The first-order valence-corrected chi connectivity index (χ1v) is 6.99. The number of benzene rings is 1. The molecule has 2 atom stereocenters. The van der Waals surface area contributed by atoms with Gasteiger partial charge < -0.3 is 15.8 Å². The van der Waals surface area contributed by atoms with Crippen molar-refractivity contribution in [1.82, 2.24) is 4.90 Å². The lowest BCUT2D eigenvalue weighted by atomic mass is 10.1. The number of morpholine rings is 1. The summed E-state index contributed by atoms with van der Waals surface area (Å²) in [5.41, 5.74) is 8.21. The number of rotatable bonds is 3. The highest BCUT2D eigenvalue weighted by atomic mass is 16.5. The molecule has 0 aliphatic carbocycles. The van der Waals surface area contributed by atoms with Gasteiger partial charge >= 0.3 is 0 Å². The molecule has 5 nitrogen and oxygen atoms in total. The van der Waals surface area contributed by atoms with Crippen molar-refractivity contribution in [3.8, 4) is 0 Å². The van der Waals surface area contributed by atoms with Crippen molar-refractivity contribution in [3.05, 3.63) is 23.8 Å². The van der Waals surface area contributed by atoms with Crippen LogP contribution in [0.5, 0.6) is 0 Å². The van der Waals surface area contributed by atoms with Gasteiger partial charge in [0.25, 0.3) is 0 Å². The van der Waals surface area contributed by atoms with Crippen molar-refractivity contribution in [2.24, 2.45) is 0 Å². The Kier molecular flexibility index (Phi) is 4.62. The quantitative estimate of drug-likeness (QED) is 0.824. The minimum absolute atomic E-state index is 0.00699. The van der Waals surface area contributed by atoms with E-state index < -0.39 is 0 Å². The van der Waals surface area contributed by atoms with E-state index in [4.69, 9.17) is 10.5 Å². The van der Waals surface area contributed by atoms with E-state index in [0.717, 1.165) is 17.8 Å². The third kappa shape index (κ3) is 3.29. The molecule has 110 valence electrons. The number of nitrogen functional groups attached to an aromatic ring is 1. The van der Waals surface area contributed by atoms with Gasteiger partial charge in [0, 0.05) is 24.0 Å². The molecular formula is C15H23N3O2. The van der Waals surface area contributed by atoms with Crippen LogP contribution >= 0.6 is 0 Å². The lowest BCUT2D eigenvalue weighted by molar-refractivity contribution is -0.124. The largest absolute Gasteiger partial charge is 0.399 e. The average molecular weight is 277 g/mol. The number of anilines is 2. The molecule has 0 bridgehead atoms. The summed E-state index contributed by atoms with van der Waals surface area (Å²) in [6.45, 7) is 8.10. The smallest absolute Gasteiger partial charge is 0.241 e. The first-order valence-electron chi connectivity index (χ1n) is 6.99. The Hall–Kier alpha value is -1.59. The zero-order chi connectivity index (χ0) is 14.7. The number of ether oxygens (including phenoxy) is 1. The van der Waals surface area contributed by atoms with Crippen LogP contribution < -0.4 is 11.1 Å². The van der Waals surface area contributed by atoms with E-state index in [-0.39, 0.29) is 18.0 Å². The number of carbonyl (C=O) groups excluding carboxylic acids is 1. The third-order valence-electron chi connectivity index (χ3n) is 3.82. The van der Waals surface area contributed by atoms with E-state index in [1.165, 1.54) is 0 Å². The first kappa shape index (κ1) is 14.8. The van der Waals surface area contributed by atoms with E-state index in [2.05, 4.69) is 17.1 Å². The highest BCUT2D eigenvalue weighted by Gasteiger charge is 2.28. The van der Waals surface area contributed by atoms with Gasteiger partial charge in [-0.25, -0.2) is 0 Å². The van der Waals surface area contributed by atoms with Gasteiger partial charge in [-0.1, -0.05) is 6.07 Å². The molecule has 5 heteroatoms. The molecule has 0 radical (unpaired) electrons. The molecule has 0 aromatic heterocycles. The van der Waals surface area contributed by atoms with Crippen molar-refractivity contribution in [3.63, 3.8) is 0 Å². The molecule has 1 aliphatic rings. The third-order valence-corrected chi connectivity index (χ3v) is 3.82. The number of nitrogens with one attached hydrogen (secondary N) is 1. The topological polar surface area (TPSA) is 67.6 Å². The Morgan fingerprint density at radius 2 is 2.30 bits per heavy atom. The molecule has 1 heterocycles. The SMILES string of the molecule is Cc1ccc(N)cc1NC(=O)C(C)N1CCOCC1C. The summed E-state index contributed by atoms with van der Waals surface area (Å²) in [6, 6.07) is 5.61. The monoisotopic (exact) mass is 277 g/mol. The molecule has 3 N–H and O–H groups in total. The summed E-state index contributed by atoms with van der Waals surface area (Å²) >= 11 is 0. The Labute approximate surface area is 120 Å². The second-order valence-electron chi connectivity index (χ2n) is 5.40. The van der Waals surface area contributed by atoms with Crippen molar-refractivity contribution in [2.75, 3.05) is 30.8 Å². The molecule has 1 amide bonds. The zero-order valence-electron chi connectivity index (χ0n) is 12.3. The van der Waals surface area contributed by atoms with Gasteiger partial charge in [0.2, 0.25) is 5.91 Å². The molecule has 1 saturated heterocycles. The summed E-state index contributed by atoms with van der Waals surface area (Å²) in [5.74, 6) is -0.00699. The molecule has 1 aromatic rings. The van der Waals surface area contributed by atoms with Crippen LogP contribution in [-0.4, -0.2) is 42.6 Å². The normalized spacial score (nSPS) is 21.4. The number of amides is 1. The second-order valence-corrected chi connectivity index (χ2v) is 5.40. The maximum Gasteiger partial charge on any atom is 0.241 e. The van der Waals surface area contributed by atoms with Crippen LogP contribution in [0.4, 0.5) is 11.4 Å². The summed E-state index contributed by atoms with van der Waals surface area (Å²) in [7, 11) is 0. The van der Waals surface area contributed by atoms with Crippen molar-refractivity contribution < 1.29 is 9.53 Å². The van der Waals surface area contributed by atoms with E-state index in [9.17, 15) is 4.79 Å². The molecule has 20 heavy (non-hydrogen) atoms. The molecule has 1 fully saturated rings. The minimum atomic E-state index is -0.185. The molecule has 2 unspecified atom stereocenters. The van der Waals surface area contributed by atoms with Gasteiger partial charge in [0.05, 0.1) is 19.3 Å². The van der Waals surface area contributed by atoms with E-state index in [1.54, 1.807) is 6.07 Å². The second kappa shape index (κ2) is 6.24. The number of hydrogen-bond acceptors (Lipinski definition) is 4. The number of nitrogens with zero attached hydrogens (tertiary/aromatic N) is 1. The van der Waals surface area contributed by atoms with Crippen LogP contribution in [-0.2, 0) is 9.53 Å². The molecule has 0 spiro atoms. The zero-order valence-corrected chi connectivity index (χ0v) is 12.3. The molecular weight excluding hydrogens is 254 g/mol. The summed E-state index contributed by atoms with van der Waals surface area (Å²) in [6.07, 6.45) is 0. The van der Waals surface area contributed by atoms with Crippen molar-refractivity contribution in [1.29, 1.82) is 0 Å². The summed E-state index contributed by atoms with van der Waals surface area (Å²) in [5, 5.41) is 2.97. The van der Waals surface area contributed by atoms with Crippen LogP contribution in [0.1, 0.15) is 19.4 Å². The van der Waals surface area contributed by atoms with Gasteiger partial charge in [-0.15, -0.1) is 0 Å². The van der Waals surface area contributed by atoms with Crippen LogP contribution in [0.15, 0.2) is 18.2 Å². The predicted octanol–water partition coefficient (Wildman–Crippen LogP) is 1.62. The van der Waals surface area contributed by atoms with Crippen LogP contribution in [0.3, 0.4) is 0 Å². The van der Waals surface area contributed by atoms with Gasteiger partial charge in [-0.3, -0.25) is 9.69 Å². The minimum Gasteiger partial charge on any atom is -0.399 e. The highest BCUT2D eigenvalue weighted by Crippen LogP contribution is 2.19. The van der Waals surface area contributed by atoms with Gasteiger partial charge in [0.1, 0.15) is 0 Å². The van der Waals surface area contributed by atoms with Gasteiger partial charge in [-0.2, -0.15) is 0 Å². The summed E-state index contributed by atoms with van der Waals surface area (Å²) < 4.78 is 5.41. The van der Waals surface area contributed by atoms with Crippen LogP contribution in [0.2, 0.25) is 0 Å². The Morgan fingerprint density at radius 1 is 1.55 bits per heavy atom. The van der Waals surface area contributed by atoms with E-state index in [1.807, 2.05) is 26.0 Å². The average Bonchev–Trinajstić information content (AvgIpc) is 2.42. The van der Waals surface area contributed by atoms with Crippen LogP contribution in [0.25, 0.3) is 0 Å². The molecule has 1 aliphatic heterocycles. The van der Waals surface area contributed by atoms with Crippen molar-refractivity contribution in [2.45, 2.75) is 32.9 Å². The standard InChI is InChI=1S/C15H23N3O2/c1-10-4-5-13(16)8-14(10)17-15(19)12(3)18-6-7-20-9-11(18)2/h4-5,8,11-12H,6-7,9,16H2,1-3H3,(H,17,19). The molecule has 0 saturated carbocycles. The fraction of sp³-hybridized carbons (Fsp3) is 0.533. The van der Waals surface area contributed by atoms with Gasteiger partial charge in [0.15, 0.2) is 0 Å². The van der Waals surface area contributed by atoms with E-state index in [0.29, 0.717) is 18.9 Å². The molecule has 2 rings (SSSR count). The Bertz CT molecular complexity index is 490. The van der Waals surface area contributed by atoms with Crippen LogP contribution in [0, 0.1) is 6.92 Å². The first-order chi connectivity index (χ1) is 9.49. The van der Waals surface area contributed by atoms with Gasteiger partial charge in [-0.05, 0) is 38.5 Å². The maximum absolute atomic E-state index is 12.4. The Balaban J connectivity index is 2.05. The number of nitrogens with two attached hydrogens (primary N) is 1. The van der Waals surface area contributed by atoms with E-state index >= 15 is 0 Å². The lowest BCUT2D eigenvalue weighted by Gasteiger charge is -2.37. The lowest BCUT2D eigenvalue weighted by Crippen LogP contribution is -2.52. The maximum atomic E-state index is 12.4. The molecule has 1 aromatic carbocycles. The number of carbonyl (C=O) groups is 1. The Morgan fingerprint density at radius 3 is 3.00 bits per heavy atom. The number of aryl methyl sites for hydroxylation is 1. The fourth-order valence-electron chi connectivity index (χ4n) is 2.48. The number of hydrogen-bond donors (Lipinski definition) is 2. The summed E-state index contributed by atoms with van der Waals surface area (Å²) in [4.78, 5) is 14.6. The highest BCUT2D eigenvalue weighted by molar-refractivity contribution is 5.95. The van der Waals surface area contributed by atoms with Crippen molar-refractivity contribution >= 4 is 17.3 Å². The fourth-order valence-corrected chi connectivity index (χ4v) is 2.48.